The van der Waals surface area contributed by atoms with E-state index in [1.807, 2.05) is 19.1 Å². The Hall–Kier alpha value is -0.580. The molecule has 0 spiro atoms. The van der Waals surface area contributed by atoms with Crippen molar-refractivity contribution in [1.82, 2.24) is 10.2 Å². The van der Waals surface area contributed by atoms with E-state index in [2.05, 4.69) is 17.1 Å². The van der Waals surface area contributed by atoms with Crippen LogP contribution in [0.2, 0.25) is 4.34 Å². The standard InChI is InChI=1S/C11H17ClN2OS/c1-3-13-11(15)8-14(4-2)7-9-5-6-10(12)16-9/h5-6H,3-4,7-8H2,1-2H3,(H,13,15). The minimum atomic E-state index is 0.0759. The number of amides is 1. The number of halogens is 1. The molecule has 0 atom stereocenters. The second-order valence-corrected chi connectivity index (χ2v) is 5.26. The van der Waals surface area contributed by atoms with Crippen LogP contribution in [0.15, 0.2) is 12.1 Å². The zero-order valence-electron chi connectivity index (χ0n) is 9.62. The summed E-state index contributed by atoms with van der Waals surface area (Å²) in [7, 11) is 0. The van der Waals surface area contributed by atoms with Crippen molar-refractivity contribution in [1.29, 1.82) is 0 Å². The van der Waals surface area contributed by atoms with Gasteiger partial charge in [-0.15, -0.1) is 11.3 Å². The van der Waals surface area contributed by atoms with Crippen molar-refractivity contribution in [3.05, 3.63) is 21.3 Å². The summed E-state index contributed by atoms with van der Waals surface area (Å²) < 4.78 is 0.795. The molecule has 1 amide bonds. The van der Waals surface area contributed by atoms with Gasteiger partial charge in [-0.25, -0.2) is 0 Å². The first-order chi connectivity index (χ1) is 7.65. The summed E-state index contributed by atoms with van der Waals surface area (Å²) in [5.74, 6) is 0.0759. The number of nitrogens with zero attached hydrogens (tertiary/aromatic N) is 1. The molecule has 0 aliphatic carbocycles. The maximum absolute atomic E-state index is 11.4. The average molecular weight is 261 g/mol. The molecule has 0 saturated heterocycles. The Morgan fingerprint density at radius 1 is 1.50 bits per heavy atom. The van der Waals surface area contributed by atoms with Gasteiger partial charge in [-0.2, -0.15) is 0 Å². The van der Waals surface area contributed by atoms with Gasteiger partial charge < -0.3 is 5.32 Å². The Morgan fingerprint density at radius 3 is 2.75 bits per heavy atom. The molecule has 16 heavy (non-hydrogen) atoms. The summed E-state index contributed by atoms with van der Waals surface area (Å²) in [6.45, 7) is 6.74. The van der Waals surface area contributed by atoms with Gasteiger partial charge in [0, 0.05) is 18.0 Å². The van der Waals surface area contributed by atoms with E-state index in [4.69, 9.17) is 11.6 Å². The Balaban J connectivity index is 2.45. The lowest BCUT2D eigenvalue weighted by Crippen LogP contribution is -2.36. The first kappa shape index (κ1) is 13.5. The number of likely N-dealkylation sites (N-methyl/N-ethyl adjacent to an activating group) is 2. The van der Waals surface area contributed by atoms with Crippen molar-refractivity contribution in [2.75, 3.05) is 19.6 Å². The predicted molar refractivity (Wildman–Crippen MR) is 69.0 cm³/mol. The van der Waals surface area contributed by atoms with Crippen LogP contribution in [-0.2, 0) is 11.3 Å². The third-order valence-corrected chi connectivity index (χ3v) is 3.41. The van der Waals surface area contributed by atoms with Gasteiger partial charge >= 0.3 is 0 Å². The van der Waals surface area contributed by atoms with E-state index >= 15 is 0 Å². The SMILES string of the molecule is CCNC(=O)CN(CC)Cc1ccc(Cl)s1. The number of nitrogens with one attached hydrogen (secondary N) is 1. The first-order valence-electron chi connectivity index (χ1n) is 5.39. The molecule has 0 fully saturated rings. The number of hydrogen-bond acceptors (Lipinski definition) is 3. The first-order valence-corrected chi connectivity index (χ1v) is 6.58. The molecular weight excluding hydrogens is 244 g/mol. The minimum absolute atomic E-state index is 0.0759. The van der Waals surface area contributed by atoms with E-state index in [0.717, 1.165) is 17.4 Å². The van der Waals surface area contributed by atoms with Gasteiger partial charge in [-0.3, -0.25) is 9.69 Å². The van der Waals surface area contributed by atoms with Crippen LogP contribution in [0.3, 0.4) is 0 Å². The highest BCUT2D eigenvalue weighted by atomic mass is 35.5. The molecule has 1 N–H and O–H groups in total. The fraction of sp³-hybridized carbons (Fsp3) is 0.545. The molecule has 5 heteroatoms. The normalized spacial score (nSPS) is 10.8. The van der Waals surface area contributed by atoms with Crippen LogP contribution >= 0.6 is 22.9 Å². The van der Waals surface area contributed by atoms with Gasteiger partial charge in [0.15, 0.2) is 0 Å². The quantitative estimate of drug-likeness (QED) is 0.852. The maximum Gasteiger partial charge on any atom is 0.234 e. The molecule has 1 heterocycles. The van der Waals surface area contributed by atoms with Gasteiger partial charge in [0.05, 0.1) is 10.9 Å². The lowest BCUT2D eigenvalue weighted by Gasteiger charge is -2.18. The lowest BCUT2D eigenvalue weighted by molar-refractivity contribution is -0.122. The largest absolute Gasteiger partial charge is 0.355 e. The van der Waals surface area contributed by atoms with Crippen molar-refractivity contribution in [3.63, 3.8) is 0 Å². The van der Waals surface area contributed by atoms with Gasteiger partial charge in [-0.05, 0) is 25.6 Å². The lowest BCUT2D eigenvalue weighted by atomic mass is 10.4. The molecule has 0 aromatic carbocycles. The Bertz CT molecular complexity index is 340. The second kappa shape index (κ2) is 6.89. The average Bonchev–Trinajstić information content (AvgIpc) is 2.63. The van der Waals surface area contributed by atoms with Crippen LogP contribution in [-0.4, -0.2) is 30.4 Å². The molecule has 90 valence electrons. The van der Waals surface area contributed by atoms with E-state index in [1.54, 1.807) is 11.3 Å². The highest BCUT2D eigenvalue weighted by Gasteiger charge is 2.09. The summed E-state index contributed by atoms with van der Waals surface area (Å²) in [5, 5.41) is 2.80. The van der Waals surface area contributed by atoms with Crippen molar-refractivity contribution in [3.8, 4) is 0 Å². The number of thiophene rings is 1. The molecule has 1 rings (SSSR count). The summed E-state index contributed by atoms with van der Waals surface area (Å²) in [6, 6.07) is 3.90. The third kappa shape index (κ3) is 4.51. The highest BCUT2D eigenvalue weighted by Crippen LogP contribution is 2.22. The number of rotatable bonds is 6. The molecule has 0 bridgehead atoms. The second-order valence-electron chi connectivity index (χ2n) is 3.46. The topological polar surface area (TPSA) is 32.3 Å². The summed E-state index contributed by atoms with van der Waals surface area (Å²) in [6.07, 6.45) is 0. The van der Waals surface area contributed by atoms with Gasteiger partial charge in [0.1, 0.15) is 0 Å². The third-order valence-electron chi connectivity index (χ3n) is 2.20. The van der Waals surface area contributed by atoms with Crippen LogP contribution in [0, 0.1) is 0 Å². The van der Waals surface area contributed by atoms with Crippen LogP contribution in [0.4, 0.5) is 0 Å². The number of carbonyl (C=O) groups is 1. The number of carbonyl (C=O) groups excluding carboxylic acids is 1. The van der Waals surface area contributed by atoms with Crippen molar-refractivity contribution < 1.29 is 4.79 Å². The Kier molecular flexibility index (Phi) is 5.80. The fourth-order valence-electron chi connectivity index (χ4n) is 1.39. The molecule has 0 unspecified atom stereocenters. The zero-order valence-corrected chi connectivity index (χ0v) is 11.2. The highest BCUT2D eigenvalue weighted by molar-refractivity contribution is 7.16. The van der Waals surface area contributed by atoms with Crippen LogP contribution in [0.1, 0.15) is 18.7 Å². The Morgan fingerprint density at radius 2 is 2.25 bits per heavy atom. The molecule has 3 nitrogen and oxygen atoms in total. The smallest absolute Gasteiger partial charge is 0.234 e. The summed E-state index contributed by atoms with van der Waals surface area (Å²) >= 11 is 7.43. The van der Waals surface area contributed by atoms with Crippen LogP contribution in [0.5, 0.6) is 0 Å². The summed E-state index contributed by atoms with van der Waals surface area (Å²) in [4.78, 5) is 14.7. The van der Waals surface area contributed by atoms with Gasteiger partial charge in [0.25, 0.3) is 0 Å². The molecular formula is C11H17ClN2OS. The molecule has 1 aromatic heterocycles. The molecule has 0 aliphatic heterocycles. The van der Waals surface area contributed by atoms with E-state index in [1.165, 1.54) is 4.88 Å². The van der Waals surface area contributed by atoms with Gasteiger partial charge in [0.2, 0.25) is 5.91 Å². The molecule has 0 saturated carbocycles. The number of hydrogen-bond donors (Lipinski definition) is 1. The monoisotopic (exact) mass is 260 g/mol. The van der Waals surface area contributed by atoms with Crippen LogP contribution in [0.25, 0.3) is 0 Å². The van der Waals surface area contributed by atoms with Crippen molar-refractivity contribution in [2.45, 2.75) is 20.4 Å². The predicted octanol–water partition coefficient (Wildman–Crippen LogP) is 2.36. The van der Waals surface area contributed by atoms with E-state index in [-0.39, 0.29) is 5.91 Å². The van der Waals surface area contributed by atoms with Gasteiger partial charge in [-0.1, -0.05) is 18.5 Å². The van der Waals surface area contributed by atoms with E-state index < -0.39 is 0 Å². The van der Waals surface area contributed by atoms with E-state index in [9.17, 15) is 4.79 Å². The maximum atomic E-state index is 11.4. The summed E-state index contributed by atoms with van der Waals surface area (Å²) in [5.41, 5.74) is 0. The minimum Gasteiger partial charge on any atom is -0.355 e. The molecule has 0 radical (unpaired) electrons. The van der Waals surface area contributed by atoms with E-state index in [0.29, 0.717) is 13.1 Å². The molecule has 1 aromatic rings. The zero-order chi connectivity index (χ0) is 12.0. The van der Waals surface area contributed by atoms with Crippen molar-refractivity contribution in [2.24, 2.45) is 0 Å². The fourth-order valence-corrected chi connectivity index (χ4v) is 2.52. The van der Waals surface area contributed by atoms with Crippen LogP contribution < -0.4 is 5.32 Å². The van der Waals surface area contributed by atoms with Crippen molar-refractivity contribution >= 4 is 28.8 Å². The molecule has 0 aliphatic rings. The Labute approximate surface area is 105 Å².